The van der Waals surface area contributed by atoms with Gasteiger partial charge in [0.1, 0.15) is 12.1 Å². The van der Waals surface area contributed by atoms with Crippen molar-refractivity contribution in [2.75, 3.05) is 7.05 Å². The maximum absolute atomic E-state index is 13.2. The quantitative estimate of drug-likeness (QED) is 0.716. The minimum Gasteiger partial charge on any atom is -0.444 e. The third-order valence-corrected chi connectivity index (χ3v) is 3.98. The topological polar surface area (TPSA) is 42.2 Å². The summed E-state index contributed by atoms with van der Waals surface area (Å²) in [6.45, 7) is 3.40. The van der Waals surface area contributed by atoms with Gasteiger partial charge in [0.25, 0.3) is 0 Å². The fraction of sp³-hybridized carbons (Fsp3) is 0.250. The van der Waals surface area contributed by atoms with Crippen LogP contribution in [-0.2, 0) is 13.1 Å². The first-order chi connectivity index (χ1) is 10.6. The van der Waals surface area contributed by atoms with Crippen molar-refractivity contribution < 1.29 is 8.81 Å². The van der Waals surface area contributed by atoms with Crippen molar-refractivity contribution in [2.24, 2.45) is 0 Å². The highest BCUT2D eigenvalue weighted by Gasteiger charge is 2.10. The van der Waals surface area contributed by atoms with Crippen molar-refractivity contribution in [3.05, 3.63) is 58.1 Å². The molecule has 0 aliphatic heterocycles. The van der Waals surface area contributed by atoms with Crippen molar-refractivity contribution in [1.82, 2.24) is 14.9 Å². The lowest BCUT2D eigenvalue weighted by Gasteiger charge is -2.12. The molecule has 2 aromatic heterocycles. The number of rotatable bonds is 5. The van der Waals surface area contributed by atoms with Gasteiger partial charge in [-0.25, -0.2) is 14.4 Å². The Morgan fingerprint density at radius 2 is 2.05 bits per heavy atom. The molecule has 114 valence electrons. The van der Waals surface area contributed by atoms with Crippen LogP contribution in [0.3, 0.4) is 0 Å². The van der Waals surface area contributed by atoms with Gasteiger partial charge in [0.2, 0.25) is 5.89 Å². The molecule has 22 heavy (non-hydrogen) atoms. The molecule has 0 spiro atoms. The summed E-state index contributed by atoms with van der Waals surface area (Å²) in [6.07, 6.45) is 1.61. The number of thiazole rings is 1. The number of benzene rings is 1. The molecule has 0 saturated carbocycles. The van der Waals surface area contributed by atoms with E-state index in [1.165, 1.54) is 12.1 Å². The Morgan fingerprint density at radius 1 is 1.23 bits per heavy atom. The van der Waals surface area contributed by atoms with Crippen LogP contribution in [0, 0.1) is 12.7 Å². The molecule has 0 unspecified atom stereocenters. The number of hydrogen-bond acceptors (Lipinski definition) is 5. The van der Waals surface area contributed by atoms with Gasteiger partial charge in [-0.15, -0.1) is 11.3 Å². The Bertz CT molecular complexity index is 768. The summed E-state index contributed by atoms with van der Waals surface area (Å²) in [6, 6.07) is 6.24. The second-order valence-electron chi connectivity index (χ2n) is 5.18. The van der Waals surface area contributed by atoms with Crippen LogP contribution in [0.15, 0.2) is 40.3 Å². The van der Waals surface area contributed by atoms with E-state index in [1.807, 2.05) is 14.0 Å². The number of aryl methyl sites for hydroxylation is 1. The molecule has 0 atom stereocenters. The molecule has 0 bridgehead atoms. The highest BCUT2D eigenvalue weighted by atomic mass is 32.1. The first-order valence-corrected chi connectivity index (χ1v) is 7.78. The Balaban J connectivity index is 1.66. The van der Waals surface area contributed by atoms with Gasteiger partial charge >= 0.3 is 0 Å². The van der Waals surface area contributed by atoms with Gasteiger partial charge in [-0.1, -0.05) is 6.07 Å². The summed E-state index contributed by atoms with van der Waals surface area (Å²) in [5, 5.41) is 3.13. The normalized spacial score (nSPS) is 11.3. The van der Waals surface area contributed by atoms with Gasteiger partial charge in [-0.3, -0.25) is 4.90 Å². The molecule has 0 aliphatic rings. The summed E-state index contributed by atoms with van der Waals surface area (Å²) in [4.78, 5) is 11.0. The van der Waals surface area contributed by atoms with Gasteiger partial charge in [-0.2, -0.15) is 0 Å². The SMILES string of the molecule is Cc1nc(CN(C)Cc2coc(-c3cccc(F)c3)n2)cs1. The average Bonchev–Trinajstić information content (AvgIpc) is 3.08. The molecule has 4 nitrogen and oxygen atoms in total. The van der Waals surface area contributed by atoms with E-state index in [1.54, 1.807) is 29.7 Å². The maximum atomic E-state index is 13.2. The van der Waals surface area contributed by atoms with E-state index in [-0.39, 0.29) is 5.82 Å². The summed E-state index contributed by atoms with van der Waals surface area (Å²) in [5.41, 5.74) is 2.51. The minimum atomic E-state index is -0.298. The molecule has 0 radical (unpaired) electrons. The predicted molar refractivity (Wildman–Crippen MR) is 83.9 cm³/mol. The maximum Gasteiger partial charge on any atom is 0.226 e. The zero-order valence-corrected chi connectivity index (χ0v) is 13.2. The van der Waals surface area contributed by atoms with Crippen LogP contribution in [0.4, 0.5) is 4.39 Å². The summed E-state index contributed by atoms with van der Waals surface area (Å²) < 4.78 is 18.7. The second kappa shape index (κ2) is 6.37. The van der Waals surface area contributed by atoms with Gasteiger partial charge in [0.05, 0.1) is 16.4 Å². The molecule has 0 N–H and O–H groups in total. The molecule has 3 aromatic rings. The van der Waals surface area contributed by atoms with E-state index in [2.05, 4.69) is 20.2 Å². The second-order valence-corrected chi connectivity index (χ2v) is 6.25. The molecule has 3 rings (SSSR count). The molecule has 6 heteroatoms. The largest absolute Gasteiger partial charge is 0.444 e. The van der Waals surface area contributed by atoms with Crippen LogP contribution in [0.2, 0.25) is 0 Å². The first kappa shape index (κ1) is 14.9. The molecule has 0 saturated heterocycles. The highest BCUT2D eigenvalue weighted by molar-refractivity contribution is 7.09. The molecule has 1 aromatic carbocycles. The zero-order valence-electron chi connectivity index (χ0n) is 12.4. The molecule has 0 amide bonds. The number of nitrogens with zero attached hydrogens (tertiary/aromatic N) is 3. The van der Waals surface area contributed by atoms with Crippen molar-refractivity contribution in [1.29, 1.82) is 0 Å². The van der Waals surface area contributed by atoms with Crippen molar-refractivity contribution in [3.63, 3.8) is 0 Å². The van der Waals surface area contributed by atoms with Crippen LogP contribution >= 0.6 is 11.3 Å². The summed E-state index contributed by atoms with van der Waals surface area (Å²) >= 11 is 1.65. The minimum absolute atomic E-state index is 0.298. The van der Waals surface area contributed by atoms with E-state index < -0.39 is 0 Å². The lowest BCUT2D eigenvalue weighted by Crippen LogP contribution is -2.17. The molecular weight excluding hydrogens is 301 g/mol. The van der Waals surface area contributed by atoms with E-state index >= 15 is 0 Å². The third kappa shape index (κ3) is 3.58. The lowest BCUT2D eigenvalue weighted by molar-refractivity contribution is 0.311. The lowest BCUT2D eigenvalue weighted by atomic mass is 10.2. The van der Waals surface area contributed by atoms with Crippen LogP contribution in [0.25, 0.3) is 11.5 Å². The van der Waals surface area contributed by atoms with E-state index in [0.29, 0.717) is 18.0 Å². The van der Waals surface area contributed by atoms with Crippen molar-refractivity contribution >= 4 is 11.3 Å². The number of halogens is 1. The van der Waals surface area contributed by atoms with Gasteiger partial charge in [0, 0.05) is 24.0 Å². The van der Waals surface area contributed by atoms with Gasteiger partial charge in [0.15, 0.2) is 0 Å². The fourth-order valence-electron chi connectivity index (χ4n) is 2.22. The van der Waals surface area contributed by atoms with Crippen LogP contribution < -0.4 is 0 Å². The Morgan fingerprint density at radius 3 is 2.77 bits per heavy atom. The van der Waals surface area contributed by atoms with Gasteiger partial charge in [-0.05, 0) is 32.2 Å². The fourth-order valence-corrected chi connectivity index (χ4v) is 2.83. The highest BCUT2D eigenvalue weighted by Crippen LogP contribution is 2.20. The van der Waals surface area contributed by atoms with Crippen LogP contribution in [0.5, 0.6) is 0 Å². The summed E-state index contributed by atoms with van der Waals surface area (Å²) in [5.74, 6) is 0.140. The summed E-state index contributed by atoms with van der Waals surface area (Å²) in [7, 11) is 2.01. The number of aromatic nitrogens is 2. The first-order valence-electron chi connectivity index (χ1n) is 6.90. The molecule has 0 aliphatic carbocycles. The Kier molecular flexibility index (Phi) is 4.31. The van der Waals surface area contributed by atoms with Crippen LogP contribution in [0.1, 0.15) is 16.4 Å². The van der Waals surface area contributed by atoms with E-state index in [9.17, 15) is 4.39 Å². The molecule has 0 fully saturated rings. The predicted octanol–water partition coefficient (Wildman–Crippen LogP) is 3.88. The standard InChI is InChI=1S/C16H16FN3OS/c1-11-18-15(10-22-11)8-20(2)7-14-9-21-16(19-14)12-4-3-5-13(17)6-12/h3-6,9-10H,7-8H2,1-2H3. The third-order valence-electron chi connectivity index (χ3n) is 3.15. The van der Waals surface area contributed by atoms with Crippen LogP contribution in [-0.4, -0.2) is 21.9 Å². The van der Waals surface area contributed by atoms with Crippen molar-refractivity contribution in [2.45, 2.75) is 20.0 Å². The Hall–Kier alpha value is -2.05. The molecule has 2 heterocycles. The Labute approximate surface area is 132 Å². The average molecular weight is 317 g/mol. The number of oxazole rings is 1. The number of hydrogen-bond donors (Lipinski definition) is 0. The zero-order chi connectivity index (χ0) is 15.5. The monoisotopic (exact) mass is 317 g/mol. The van der Waals surface area contributed by atoms with E-state index in [4.69, 9.17) is 4.42 Å². The van der Waals surface area contributed by atoms with E-state index in [0.717, 1.165) is 22.9 Å². The van der Waals surface area contributed by atoms with Crippen molar-refractivity contribution in [3.8, 4) is 11.5 Å². The molecular formula is C16H16FN3OS. The smallest absolute Gasteiger partial charge is 0.226 e. The van der Waals surface area contributed by atoms with Gasteiger partial charge < -0.3 is 4.42 Å².